The predicted molar refractivity (Wildman–Crippen MR) is 98.7 cm³/mol. The fourth-order valence-corrected chi connectivity index (χ4v) is 3.17. The Hall–Kier alpha value is -1.89. The molecule has 26 heavy (non-hydrogen) atoms. The molecule has 2 aromatic rings. The highest BCUT2D eigenvalue weighted by atomic mass is 35.5. The standard InChI is InChI=1S/C18H17Cl2F2N3O/c19-13-2-4-17(16(22)9-13)23-18(26)25-7-5-24(6-8-25)11-12-1-3-14(21)10-15(12)20/h1-4,9-10H,5-8,11H2,(H,23,26). The molecule has 0 aliphatic carbocycles. The normalized spacial score (nSPS) is 15.2. The first-order chi connectivity index (χ1) is 12.4. The first kappa shape index (κ1) is 18.9. The highest BCUT2D eigenvalue weighted by Crippen LogP contribution is 2.21. The van der Waals surface area contributed by atoms with Crippen molar-refractivity contribution in [2.45, 2.75) is 6.54 Å². The number of nitrogens with one attached hydrogen (secondary N) is 1. The summed E-state index contributed by atoms with van der Waals surface area (Å²) in [6, 6.07) is 8.09. The fraction of sp³-hybridized carbons (Fsp3) is 0.278. The number of carbonyl (C=O) groups excluding carboxylic acids is 1. The van der Waals surface area contributed by atoms with E-state index in [0.29, 0.717) is 37.7 Å². The van der Waals surface area contributed by atoms with Gasteiger partial charge in [-0.3, -0.25) is 4.90 Å². The molecule has 1 fully saturated rings. The van der Waals surface area contributed by atoms with E-state index >= 15 is 0 Å². The Kier molecular flexibility index (Phi) is 5.96. The molecule has 3 rings (SSSR count). The van der Waals surface area contributed by atoms with E-state index in [1.165, 1.54) is 24.3 Å². The molecule has 2 aromatic carbocycles. The van der Waals surface area contributed by atoms with Crippen LogP contribution < -0.4 is 5.32 Å². The zero-order valence-corrected chi connectivity index (χ0v) is 15.3. The van der Waals surface area contributed by atoms with Crippen LogP contribution in [0.5, 0.6) is 0 Å². The van der Waals surface area contributed by atoms with Gasteiger partial charge >= 0.3 is 6.03 Å². The summed E-state index contributed by atoms with van der Waals surface area (Å²) in [6.07, 6.45) is 0. The first-order valence-corrected chi connectivity index (χ1v) is 8.85. The highest BCUT2D eigenvalue weighted by Gasteiger charge is 2.22. The first-order valence-electron chi connectivity index (χ1n) is 8.09. The average molecular weight is 400 g/mol. The predicted octanol–water partition coefficient (Wildman–Crippen LogP) is 4.62. The van der Waals surface area contributed by atoms with Crippen LogP contribution in [0.25, 0.3) is 0 Å². The molecule has 1 aliphatic heterocycles. The summed E-state index contributed by atoms with van der Waals surface area (Å²) in [5.41, 5.74) is 0.939. The summed E-state index contributed by atoms with van der Waals surface area (Å²) in [5.74, 6) is -0.940. The van der Waals surface area contributed by atoms with Crippen molar-refractivity contribution in [3.8, 4) is 0 Å². The lowest BCUT2D eigenvalue weighted by Gasteiger charge is -2.34. The van der Waals surface area contributed by atoms with Gasteiger partial charge in [0.25, 0.3) is 0 Å². The summed E-state index contributed by atoms with van der Waals surface area (Å²) < 4.78 is 26.9. The molecule has 1 saturated heterocycles. The minimum atomic E-state index is -0.574. The minimum absolute atomic E-state index is 0.0972. The number of halogens is 4. The summed E-state index contributed by atoms with van der Waals surface area (Å²) in [6.45, 7) is 2.87. The third kappa shape index (κ3) is 4.63. The monoisotopic (exact) mass is 399 g/mol. The van der Waals surface area contributed by atoms with Gasteiger partial charge in [0.2, 0.25) is 0 Å². The third-order valence-corrected chi connectivity index (χ3v) is 4.83. The van der Waals surface area contributed by atoms with E-state index in [4.69, 9.17) is 23.2 Å². The molecule has 0 radical (unpaired) electrons. The van der Waals surface area contributed by atoms with Crippen LogP contribution in [-0.4, -0.2) is 42.0 Å². The zero-order valence-electron chi connectivity index (χ0n) is 13.8. The van der Waals surface area contributed by atoms with Crippen molar-refractivity contribution < 1.29 is 13.6 Å². The molecule has 0 atom stereocenters. The maximum Gasteiger partial charge on any atom is 0.322 e. The summed E-state index contributed by atoms with van der Waals surface area (Å²) in [4.78, 5) is 16.0. The Morgan fingerprint density at radius 3 is 2.42 bits per heavy atom. The fourth-order valence-electron chi connectivity index (χ4n) is 2.79. The molecule has 1 heterocycles. The number of hydrogen-bond donors (Lipinski definition) is 1. The lowest BCUT2D eigenvalue weighted by atomic mass is 10.2. The minimum Gasteiger partial charge on any atom is -0.322 e. The number of rotatable bonds is 3. The van der Waals surface area contributed by atoms with Gasteiger partial charge in [0.15, 0.2) is 0 Å². The smallest absolute Gasteiger partial charge is 0.322 e. The SMILES string of the molecule is O=C(Nc1ccc(Cl)cc1F)N1CCN(Cc2ccc(F)cc2Cl)CC1. The van der Waals surface area contributed by atoms with Gasteiger partial charge in [0.05, 0.1) is 5.69 Å². The Morgan fingerprint density at radius 2 is 1.77 bits per heavy atom. The van der Waals surface area contributed by atoms with E-state index in [-0.39, 0.29) is 22.6 Å². The molecular weight excluding hydrogens is 383 g/mol. The molecule has 0 bridgehead atoms. The Bertz CT molecular complexity index is 811. The zero-order chi connectivity index (χ0) is 18.7. The van der Waals surface area contributed by atoms with Gasteiger partial charge in [0, 0.05) is 42.8 Å². The third-order valence-electron chi connectivity index (χ3n) is 4.24. The molecule has 1 aliphatic rings. The van der Waals surface area contributed by atoms with Gasteiger partial charge < -0.3 is 10.2 Å². The quantitative estimate of drug-likeness (QED) is 0.816. The maximum absolute atomic E-state index is 13.8. The van der Waals surface area contributed by atoms with E-state index < -0.39 is 5.82 Å². The summed E-state index contributed by atoms with van der Waals surface area (Å²) >= 11 is 11.8. The van der Waals surface area contributed by atoms with Gasteiger partial charge in [-0.25, -0.2) is 13.6 Å². The molecule has 0 unspecified atom stereocenters. The molecular formula is C18H17Cl2F2N3O. The van der Waals surface area contributed by atoms with Crippen LogP contribution in [0, 0.1) is 11.6 Å². The van der Waals surface area contributed by atoms with Gasteiger partial charge in [-0.2, -0.15) is 0 Å². The largest absolute Gasteiger partial charge is 0.322 e. The van der Waals surface area contributed by atoms with Crippen LogP contribution in [-0.2, 0) is 6.54 Å². The average Bonchev–Trinajstić information content (AvgIpc) is 2.60. The Morgan fingerprint density at radius 1 is 1.04 bits per heavy atom. The number of nitrogens with zero attached hydrogens (tertiary/aromatic N) is 2. The van der Waals surface area contributed by atoms with Crippen molar-refractivity contribution in [1.29, 1.82) is 0 Å². The number of hydrogen-bond acceptors (Lipinski definition) is 2. The molecule has 4 nitrogen and oxygen atoms in total. The Labute approximate surface area is 160 Å². The number of benzene rings is 2. The number of urea groups is 1. The highest BCUT2D eigenvalue weighted by molar-refractivity contribution is 6.31. The lowest BCUT2D eigenvalue weighted by Crippen LogP contribution is -2.49. The number of amides is 2. The van der Waals surface area contributed by atoms with Crippen molar-refractivity contribution in [2.24, 2.45) is 0 Å². The second kappa shape index (κ2) is 8.20. The van der Waals surface area contributed by atoms with Crippen LogP contribution >= 0.6 is 23.2 Å². The second-order valence-corrected chi connectivity index (χ2v) is 6.90. The molecule has 0 spiro atoms. The van der Waals surface area contributed by atoms with E-state index in [1.54, 1.807) is 11.0 Å². The Balaban J connectivity index is 1.53. The van der Waals surface area contributed by atoms with Crippen molar-refractivity contribution >= 4 is 34.9 Å². The van der Waals surface area contributed by atoms with Gasteiger partial charge in [-0.15, -0.1) is 0 Å². The summed E-state index contributed by atoms with van der Waals surface area (Å²) in [7, 11) is 0. The van der Waals surface area contributed by atoms with Crippen molar-refractivity contribution in [2.75, 3.05) is 31.5 Å². The lowest BCUT2D eigenvalue weighted by molar-refractivity contribution is 0.143. The van der Waals surface area contributed by atoms with Gasteiger partial charge in [-0.05, 0) is 35.9 Å². The molecule has 2 amide bonds. The van der Waals surface area contributed by atoms with Crippen molar-refractivity contribution in [3.05, 3.63) is 63.6 Å². The second-order valence-electron chi connectivity index (χ2n) is 6.05. The van der Waals surface area contributed by atoms with Crippen molar-refractivity contribution in [1.82, 2.24) is 9.80 Å². The summed E-state index contributed by atoms with van der Waals surface area (Å²) in [5, 5.41) is 3.22. The number of carbonyl (C=O) groups is 1. The van der Waals surface area contributed by atoms with Crippen LogP contribution in [0.15, 0.2) is 36.4 Å². The van der Waals surface area contributed by atoms with Crippen LogP contribution in [0.2, 0.25) is 10.0 Å². The molecule has 1 N–H and O–H groups in total. The van der Waals surface area contributed by atoms with Gasteiger partial charge in [0.1, 0.15) is 11.6 Å². The number of piperazine rings is 1. The topological polar surface area (TPSA) is 35.6 Å². The van der Waals surface area contributed by atoms with Crippen molar-refractivity contribution in [3.63, 3.8) is 0 Å². The molecule has 0 saturated carbocycles. The van der Waals surface area contributed by atoms with E-state index in [0.717, 1.165) is 11.6 Å². The molecule has 138 valence electrons. The van der Waals surface area contributed by atoms with E-state index in [9.17, 15) is 13.6 Å². The molecule has 0 aromatic heterocycles. The van der Waals surface area contributed by atoms with Crippen LogP contribution in [0.3, 0.4) is 0 Å². The maximum atomic E-state index is 13.8. The van der Waals surface area contributed by atoms with Crippen LogP contribution in [0.4, 0.5) is 19.3 Å². The molecule has 8 heteroatoms. The van der Waals surface area contributed by atoms with Crippen LogP contribution in [0.1, 0.15) is 5.56 Å². The number of anilines is 1. The van der Waals surface area contributed by atoms with Gasteiger partial charge in [-0.1, -0.05) is 29.3 Å². The van der Waals surface area contributed by atoms with E-state index in [1.807, 2.05) is 0 Å². The van der Waals surface area contributed by atoms with E-state index in [2.05, 4.69) is 10.2 Å².